The van der Waals surface area contributed by atoms with Crippen LogP contribution in [0.15, 0.2) is 134 Å². The van der Waals surface area contributed by atoms with E-state index in [0.717, 1.165) is 44.5 Å². The van der Waals surface area contributed by atoms with E-state index in [9.17, 15) is 27.8 Å². The van der Waals surface area contributed by atoms with Crippen LogP contribution in [0.4, 0.5) is 0 Å². The van der Waals surface area contributed by atoms with Gasteiger partial charge in [-0.05, 0) is 108 Å². The van der Waals surface area contributed by atoms with Crippen molar-refractivity contribution in [3.63, 3.8) is 0 Å². The fourth-order valence-corrected chi connectivity index (χ4v) is 10.6. The number of allylic oxidation sites excluding steroid dienone is 3. The van der Waals surface area contributed by atoms with Crippen molar-refractivity contribution >= 4 is 32.7 Å². The van der Waals surface area contributed by atoms with Crippen LogP contribution in [0.5, 0.6) is 0 Å². The third-order valence-corrected chi connectivity index (χ3v) is 13.5. The molecule has 2 heterocycles. The van der Waals surface area contributed by atoms with Gasteiger partial charge < -0.3 is 0 Å². The Hall–Kier alpha value is -4.54. The van der Waals surface area contributed by atoms with Gasteiger partial charge in [0, 0.05) is 22.3 Å². The van der Waals surface area contributed by atoms with Gasteiger partial charge >= 0.3 is 0 Å². The molecule has 5 aromatic rings. The van der Waals surface area contributed by atoms with Crippen LogP contribution in [0, 0.1) is 13.8 Å². The Morgan fingerprint density at radius 1 is 0.479 bits per heavy atom. The second-order valence-corrected chi connectivity index (χ2v) is 16.5. The summed E-state index contributed by atoms with van der Waals surface area (Å²) in [7, 11) is -6.54. The van der Waals surface area contributed by atoms with Crippen LogP contribution < -0.4 is 0 Å². The maximum atomic E-state index is 13.4. The molecule has 4 N–H and O–H groups in total. The van der Waals surface area contributed by atoms with E-state index in [2.05, 4.69) is 12.1 Å². The van der Waals surface area contributed by atoms with Gasteiger partial charge in [-0.3, -0.25) is 27.8 Å². The van der Waals surface area contributed by atoms with Crippen LogP contribution in [0.25, 0.3) is 33.4 Å². The quantitative estimate of drug-likeness (QED) is 0.152. The Labute approximate surface area is 281 Å². The third-order valence-electron chi connectivity index (χ3n) is 9.57. The zero-order valence-corrected chi connectivity index (χ0v) is 27.9. The SMILES string of the molecule is Cc1cc(-c2ccc(-c3ccc4c(c3)C(=O)c3ccccc3S4(O)O)c(C)c2)ccc1-c1ccc2c(c1)C(=O)C1=CCCC=C1S2(O)O. The van der Waals surface area contributed by atoms with Crippen molar-refractivity contribution in [2.75, 3.05) is 0 Å². The fraction of sp³-hybridized carbons (Fsp3) is 0.100. The monoisotopic (exact) mass is 672 g/mol. The summed E-state index contributed by atoms with van der Waals surface area (Å²) in [6.07, 6.45) is 4.98. The maximum absolute atomic E-state index is 13.4. The smallest absolute Gasteiger partial charge is 0.196 e. The Morgan fingerprint density at radius 3 is 1.58 bits per heavy atom. The number of carbonyl (C=O) groups excluding carboxylic acids is 2. The molecule has 0 atom stereocenters. The summed E-state index contributed by atoms with van der Waals surface area (Å²) in [4.78, 5) is 28.0. The third kappa shape index (κ3) is 4.60. The van der Waals surface area contributed by atoms with Gasteiger partial charge in [0.15, 0.2) is 11.6 Å². The number of benzene rings is 5. The van der Waals surface area contributed by atoms with Crippen LogP contribution >= 0.6 is 21.2 Å². The van der Waals surface area contributed by atoms with Gasteiger partial charge in [0.05, 0.1) is 19.6 Å². The summed E-state index contributed by atoms with van der Waals surface area (Å²) in [5, 5.41) is 0. The van der Waals surface area contributed by atoms with E-state index in [1.54, 1.807) is 54.6 Å². The summed E-state index contributed by atoms with van der Waals surface area (Å²) in [6.45, 7) is 4.03. The molecule has 6 nitrogen and oxygen atoms in total. The second-order valence-electron chi connectivity index (χ2n) is 12.5. The number of carbonyl (C=O) groups is 2. The fourth-order valence-electron chi connectivity index (χ4n) is 7.14. The molecule has 0 spiro atoms. The molecule has 0 radical (unpaired) electrons. The van der Waals surface area contributed by atoms with Crippen molar-refractivity contribution in [1.82, 2.24) is 0 Å². The van der Waals surface area contributed by atoms with Gasteiger partial charge in [0.25, 0.3) is 0 Å². The van der Waals surface area contributed by atoms with Crippen LogP contribution in [0.1, 0.15) is 50.2 Å². The van der Waals surface area contributed by atoms with Crippen molar-refractivity contribution < 1.29 is 27.8 Å². The zero-order valence-electron chi connectivity index (χ0n) is 26.2. The van der Waals surface area contributed by atoms with E-state index < -0.39 is 21.2 Å². The minimum atomic E-state index is -3.29. The number of fused-ring (bicyclic) bond motifs is 4. The number of hydrogen-bond donors (Lipinski definition) is 4. The lowest BCUT2D eigenvalue weighted by Gasteiger charge is -2.41. The number of hydrogen-bond acceptors (Lipinski definition) is 6. The molecule has 0 saturated heterocycles. The van der Waals surface area contributed by atoms with E-state index in [0.29, 0.717) is 40.0 Å². The molecule has 2 aliphatic heterocycles. The molecule has 8 heteroatoms. The van der Waals surface area contributed by atoms with Crippen LogP contribution in [0.3, 0.4) is 0 Å². The standard InChI is InChI=1S/C40H32O6S2/c1-23-19-25(11-15-29(23)27-13-17-37-33(21-27)39(41)31-7-3-5-9-35(31)47(37,43)44)26-12-16-30(24(2)20-26)28-14-18-38-34(22-28)40(42)32-8-4-6-10-36(32)48(38,45)46/h3,5,7-22,43-46H,4,6H2,1-2H3. The minimum Gasteiger partial charge on any atom is -0.290 e. The highest BCUT2D eigenvalue weighted by Gasteiger charge is 2.39. The summed E-state index contributed by atoms with van der Waals surface area (Å²) < 4.78 is 44.3. The molecule has 8 rings (SSSR count). The molecule has 1 aliphatic carbocycles. The molecule has 0 amide bonds. The first kappa shape index (κ1) is 30.8. The first-order valence-electron chi connectivity index (χ1n) is 15.6. The van der Waals surface area contributed by atoms with Crippen molar-refractivity contribution in [2.24, 2.45) is 0 Å². The van der Waals surface area contributed by atoms with E-state index in [4.69, 9.17) is 0 Å². The van der Waals surface area contributed by atoms with Crippen LogP contribution in [-0.2, 0) is 0 Å². The molecule has 0 aromatic heterocycles. The lowest BCUT2D eigenvalue weighted by Crippen LogP contribution is -2.21. The highest BCUT2D eigenvalue weighted by molar-refractivity contribution is 8.28. The predicted molar refractivity (Wildman–Crippen MR) is 192 cm³/mol. The van der Waals surface area contributed by atoms with Gasteiger partial charge in [0.2, 0.25) is 0 Å². The number of aryl methyl sites for hydroxylation is 2. The van der Waals surface area contributed by atoms with E-state index in [-0.39, 0.29) is 26.3 Å². The van der Waals surface area contributed by atoms with E-state index >= 15 is 0 Å². The molecular formula is C40H32O6S2. The Bertz CT molecular complexity index is 2310. The summed E-state index contributed by atoms with van der Waals surface area (Å²) in [5.41, 5.74) is 8.94. The molecule has 0 fully saturated rings. The van der Waals surface area contributed by atoms with Gasteiger partial charge in [0.1, 0.15) is 0 Å². The van der Waals surface area contributed by atoms with Crippen molar-refractivity contribution in [2.45, 2.75) is 41.4 Å². The summed E-state index contributed by atoms with van der Waals surface area (Å²) in [5.74, 6) is -0.391. The average molecular weight is 673 g/mol. The molecule has 0 saturated carbocycles. The molecule has 48 heavy (non-hydrogen) atoms. The van der Waals surface area contributed by atoms with Gasteiger partial charge in [-0.15, -0.1) is 21.2 Å². The van der Waals surface area contributed by atoms with E-state index in [1.807, 2.05) is 56.3 Å². The molecule has 240 valence electrons. The lowest BCUT2D eigenvalue weighted by atomic mass is 9.90. The molecular weight excluding hydrogens is 641 g/mol. The van der Waals surface area contributed by atoms with Crippen LogP contribution in [0.2, 0.25) is 0 Å². The number of rotatable bonds is 3. The van der Waals surface area contributed by atoms with Gasteiger partial charge in [-0.25, -0.2) is 0 Å². The van der Waals surface area contributed by atoms with Crippen LogP contribution in [-0.4, -0.2) is 29.8 Å². The Balaban J connectivity index is 1.11. The van der Waals surface area contributed by atoms with Gasteiger partial charge in [-0.2, -0.15) is 0 Å². The first-order chi connectivity index (χ1) is 23.0. The Morgan fingerprint density at radius 2 is 0.979 bits per heavy atom. The summed E-state index contributed by atoms with van der Waals surface area (Å²) in [6, 6.07) is 29.5. The number of Topliss-reactive ketones (excluding diaryl/α,β-unsaturated/α-hetero) is 1. The largest absolute Gasteiger partial charge is 0.290 e. The predicted octanol–water partition coefficient (Wildman–Crippen LogP) is 10.9. The van der Waals surface area contributed by atoms with Crippen molar-refractivity contribution in [3.05, 3.63) is 148 Å². The van der Waals surface area contributed by atoms with E-state index in [1.165, 1.54) is 0 Å². The lowest BCUT2D eigenvalue weighted by molar-refractivity contribution is 0.102. The first-order valence-corrected chi connectivity index (χ1v) is 18.7. The van der Waals surface area contributed by atoms with Crippen molar-refractivity contribution in [3.8, 4) is 33.4 Å². The molecule has 0 bridgehead atoms. The topological polar surface area (TPSA) is 115 Å². The second kappa shape index (κ2) is 11.0. The molecule has 3 aliphatic rings. The highest BCUT2D eigenvalue weighted by atomic mass is 32.3. The Kier molecular flexibility index (Phi) is 7.05. The maximum Gasteiger partial charge on any atom is 0.196 e. The highest BCUT2D eigenvalue weighted by Crippen LogP contribution is 2.64. The normalized spacial score (nSPS) is 18.4. The van der Waals surface area contributed by atoms with Crippen molar-refractivity contribution in [1.29, 1.82) is 0 Å². The zero-order chi connectivity index (χ0) is 33.5. The minimum absolute atomic E-state index is 0.171. The van der Waals surface area contributed by atoms with Gasteiger partial charge in [-0.1, -0.05) is 72.8 Å². The molecule has 5 aromatic carbocycles. The summed E-state index contributed by atoms with van der Waals surface area (Å²) >= 11 is 0. The number of ketones is 2. The average Bonchev–Trinajstić information content (AvgIpc) is 3.09. The molecule has 0 unspecified atom stereocenters.